The highest BCUT2D eigenvalue weighted by Crippen LogP contribution is 2.31. The molecule has 0 aromatic heterocycles. The Morgan fingerprint density at radius 3 is 2.33 bits per heavy atom. The van der Waals surface area contributed by atoms with Crippen molar-refractivity contribution in [3.63, 3.8) is 0 Å². The van der Waals surface area contributed by atoms with E-state index in [2.05, 4.69) is 0 Å². The highest BCUT2D eigenvalue weighted by atomic mass is 16.5. The molecule has 1 unspecified atom stereocenters. The van der Waals surface area contributed by atoms with Crippen LogP contribution in [0.5, 0.6) is 17.2 Å². The predicted molar refractivity (Wildman–Crippen MR) is 81.0 cm³/mol. The average molecular weight is 288 g/mol. The van der Waals surface area contributed by atoms with Gasteiger partial charge in [0.2, 0.25) is 0 Å². The zero-order chi connectivity index (χ0) is 15.2. The van der Waals surface area contributed by atoms with Gasteiger partial charge in [0.1, 0.15) is 12.4 Å². The molecule has 0 radical (unpaired) electrons. The lowest BCUT2D eigenvalue weighted by Crippen LogP contribution is -2.01. The maximum Gasteiger partial charge on any atom is 0.161 e. The highest BCUT2D eigenvalue weighted by molar-refractivity contribution is 5.44. The molecule has 0 aliphatic rings. The third-order valence-electron chi connectivity index (χ3n) is 3.25. The van der Waals surface area contributed by atoms with Gasteiger partial charge < -0.3 is 19.3 Å². The minimum Gasteiger partial charge on any atom is -0.496 e. The fraction of sp³-hybridized carbons (Fsp3) is 0.294. The number of para-hydroxylation sites is 1. The van der Waals surface area contributed by atoms with Crippen LogP contribution < -0.4 is 14.2 Å². The molecule has 1 N–H and O–H groups in total. The van der Waals surface area contributed by atoms with E-state index in [-0.39, 0.29) is 0 Å². The first-order valence-corrected chi connectivity index (χ1v) is 6.76. The van der Waals surface area contributed by atoms with Crippen LogP contribution >= 0.6 is 0 Å². The zero-order valence-corrected chi connectivity index (χ0v) is 12.5. The fourth-order valence-corrected chi connectivity index (χ4v) is 2.04. The van der Waals surface area contributed by atoms with E-state index in [9.17, 15) is 5.11 Å². The van der Waals surface area contributed by atoms with Gasteiger partial charge in [-0.15, -0.1) is 0 Å². The second kappa shape index (κ2) is 6.99. The lowest BCUT2D eigenvalue weighted by Gasteiger charge is -2.14. The monoisotopic (exact) mass is 288 g/mol. The van der Waals surface area contributed by atoms with Crippen LogP contribution in [0.15, 0.2) is 42.5 Å². The molecule has 1 atom stereocenters. The molecular formula is C17H20O4. The van der Waals surface area contributed by atoms with Crippen molar-refractivity contribution in [1.82, 2.24) is 0 Å². The molecule has 0 bridgehead atoms. The topological polar surface area (TPSA) is 47.9 Å². The number of benzene rings is 2. The van der Waals surface area contributed by atoms with Gasteiger partial charge in [0.25, 0.3) is 0 Å². The van der Waals surface area contributed by atoms with Crippen LogP contribution in [0, 0.1) is 0 Å². The van der Waals surface area contributed by atoms with E-state index < -0.39 is 6.10 Å². The van der Waals surface area contributed by atoms with Gasteiger partial charge in [-0.05, 0) is 30.7 Å². The van der Waals surface area contributed by atoms with Crippen LogP contribution in [0.1, 0.15) is 24.2 Å². The third-order valence-corrected chi connectivity index (χ3v) is 3.25. The van der Waals surface area contributed by atoms with Crippen molar-refractivity contribution >= 4 is 0 Å². The quantitative estimate of drug-likeness (QED) is 0.885. The summed E-state index contributed by atoms with van der Waals surface area (Å²) in [6, 6.07) is 13.1. The molecule has 21 heavy (non-hydrogen) atoms. The molecule has 4 heteroatoms. The highest BCUT2D eigenvalue weighted by Gasteiger charge is 2.10. The molecule has 0 aliphatic carbocycles. The van der Waals surface area contributed by atoms with Crippen LogP contribution in [-0.2, 0) is 6.61 Å². The maximum absolute atomic E-state index is 9.60. The van der Waals surface area contributed by atoms with Crippen molar-refractivity contribution in [2.45, 2.75) is 19.6 Å². The van der Waals surface area contributed by atoms with Crippen LogP contribution in [-0.4, -0.2) is 19.3 Å². The summed E-state index contributed by atoms with van der Waals surface area (Å²) in [5, 5.41) is 9.60. The van der Waals surface area contributed by atoms with E-state index in [1.807, 2.05) is 30.3 Å². The number of aliphatic hydroxyl groups is 1. The summed E-state index contributed by atoms with van der Waals surface area (Å²) in [6.45, 7) is 2.10. The minimum atomic E-state index is -0.540. The van der Waals surface area contributed by atoms with Gasteiger partial charge in [-0.2, -0.15) is 0 Å². The number of methoxy groups -OCH3 is 2. The normalized spacial score (nSPS) is 11.8. The van der Waals surface area contributed by atoms with E-state index in [4.69, 9.17) is 14.2 Å². The van der Waals surface area contributed by atoms with E-state index in [0.29, 0.717) is 18.1 Å². The van der Waals surface area contributed by atoms with E-state index >= 15 is 0 Å². The maximum atomic E-state index is 9.60. The molecule has 2 rings (SSSR count). The van der Waals surface area contributed by atoms with Crippen molar-refractivity contribution in [2.24, 2.45) is 0 Å². The van der Waals surface area contributed by atoms with E-state index in [0.717, 1.165) is 16.9 Å². The minimum absolute atomic E-state index is 0.383. The molecule has 0 amide bonds. The first-order chi connectivity index (χ1) is 10.2. The molecule has 112 valence electrons. The molecule has 2 aromatic carbocycles. The van der Waals surface area contributed by atoms with Crippen LogP contribution in [0.2, 0.25) is 0 Å². The summed E-state index contributed by atoms with van der Waals surface area (Å²) in [5.74, 6) is 2.02. The standard InChI is InChI=1S/C17H20O4/c1-12(18)13-8-9-16(17(10-13)20-3)21-11-14-6-4-5-7-15(14)19-2/h4-10,12,18H,11H2,1-3H3. The molecule has 4 nitrogen and oxygen atoms in total. The third kappa shape index (κ3) is 3.67. The average Bonchev–Trinajstić information content (AvgIpc) is 2.52. The summed E-state index contributed by atoms with van der Waals surface area (Å²) in [6.07, 6.45) is -0.540. The van der Waals surface area contributed by atoms with Crippen LogP contribution in [0.25, 0.3) is 0 Å². The lowest BCUT2D eigenvalue weighted by atomic mass is 10.1. The first kappa shape index (κ1) is 15.2. The van der Waals surface area contributed by atoms with Crippen molar-refractivity contribution in [1.29, 1.82) is 0 Å². The summed E-state index contributed by atoms with van der Waals surface area (Å²) in [7, 11) is 3.22. The predicted octanol–water partition coefficient (Wildman–Crippen LogP) is 3.34. The van der Waals surface area contributed by atoms with Crippen LogP contribution in [0.4, 0.5) is 0 Å². The Balaban J connectivity index is 2.16. The van der Waals surface area contributed by atoms with Gasteiger partial charge in [0, 0.05) is 5.56 Å². The largest absolute Gasteiger partial charge is 0.496 e. The summed E-state index contributed by atoms with van der Waals surface area (Å²) >= 11 is 0. The van der Waals surface area contributed by atoms with Gasteiger partial charge in [0.15, 0.2) is 11.5 Å². The van der Waals surface area contributed by atoms with Crippen LogP contribution in [0.3, 0.4) is 0 Å². The molecule has 0 spiro atoms. The van der Waals surface area contributed by atoms with Crippen molar-refractivity contribution in [3.8, 4) is 17.2 Å². The first-order valence-electron chi connectivity index (χ1n) is 6.76. The van der Waals surface area contributed by atoms with Gasteiger partial charge in [-0.1, -0.05) is 24.3 Å². The van der Waals surface area contributed by atoms with Crippen molar-refractivity contribution < 1.29 is 19.3 Å². The molecule has 0 heterocycles. The number of ether oxygens (including phenoxy) is 3. The SMILES string of the molecule is COc1ccccc1COc1ccc(C(C)O)cc1OC. The number of rotatable bonds is 6. The molecule has 0 fully saturated rings. The second-order valence-electron chi connectivity index (χ2n) is 4.69. The zero-order valence-electron chi connectivity index (χ0n) is 12.5. The van der Waals surface area contributed by atoms with Gasteiger partial charge in [-0.25, -0.2) is 0 Å². The van der Waals surface area contributed by atoms with Crippen molar-refractivity contribution in [3.05, 3.63) is 53.6 Å². The Labute approximate surface area is 124 Å². The molecule has 0 aliphatic heterocycles. The lowest BCUT2D eigenvalue weighted by molar-refractivity contribution is 0.198. The Kier molecular flexibility index (Phi) is 5.06. The number of hydrogen-bond donors (Lipinski definition) is 1. The van der Waals surface area contributed by atoms with Gasteiger partial charge in [-0.3, -0.25) is 0 Å². The molecule has 0 saturated heterocycles. The second-order valence-corrected chi connectivity index (χ2v) is 4.69. The number of hydrogen-bond acceptors (Lipinski definition) is 4. The van der Waals surface area contributed by atoms with Gasteiger partial charge in [0.05, 0.1) is 20.3 Å². The summed E-state index contributed by atoms with van der Waals surface area (Å²) in [5.41, 5.74) is 1.75. The summed E-state index contributed by atoms with van der Waals surface area (Å²) in [4.78, 5) is 0. The Morgan fingerprint density at radius 2 is 1.67 bits per heavy atom. The van der Waals surface area contributed by atoms with E-state index in [1.54, 1.807) is 33.3 Å². The molecular weight excluding hydrogens is 268 g/mol. The smallest absolute Gasteiger partial charge is 0.161 e. The molecule has 2 aromatic rings. The van der Waals surface area contributed by atoms with E-state index in [1.165, 1.54) is 0 Å². The Bertz CT molecular complexity index is 593. The molecule has 0 saturated carbocycles. The van der Waals surface area contributed by atoms with Crippen molar-refractivity contribution in [2.75, 3.05) is 14.2 Å². The summed E-state index contributed by atoms with van der Waals surface area (Å²) < 4.78 is 16.4. The Hall–Kier alpha value is -2.20. The van der Waals surface area contributed by atoms with Gasteiger partial charge >= 0.3 is 0 Å². The fourth-order valence-electron chi connectivity index (χ4n) is 2.04. The Morgan fingerprint density at radius 1 is 0.952 bits per heavy atom. The number of aliphatic hydroxyl groups excluding tert-OH is 1.